The van der Waals surface area contributed by atoms with Crippen molar-refractivity contribution < 1.29 is 9.53 Å². The van der Waals surface area contributed by atoms with Gasteiger partial charge in [-0.05, 0) is 54.3 Å². The molecule has 1 aromatic heterocycles. The molecule has 1 heterocycles. The van der Waals surface area contributed by atoms with Crippen molar-refractivity contribution in [2.24, 2.45) is 0 Å². The molecule has 3 aromatic rings. The number of amides is 1. The molecule has 5 nitrogen and oxygen atoms in total. The average molecular weight is 364 g/mol. The lowest BCUT2D eigenvalue weighted by Crippen LogP contribution is -2.17. The number of hydrogen-bond acceptors (Lipinski definition) is 3. The molecule has 0 saturated heterocycles. The van der Waals surface area contributed by atoms with Gasteiger partial charge in [-0.1, -0.05) is 26.0 Å². The number of hydrogen-bond donors (Lipinski definition) is 2. The predicted octanol–water partition coefficient (Wildman–Crippen LogP) is 4.23. The number of fused-ring (bicyclic) bond motifs is 1. The van der Waals surface area contributed by atoms with Crippen molar-refractivity contribution in [2.45, 2.75) is 32.6 Å². The van der Waals surface area contributed by atoms with Gasteiger partial charge in [-0.3, -0.25) is 9.59 Å². The van der Waals surface area contributed by atoms with Gasteiger partial charge in [0.1, 0.15) is 5.75 Å². The quantitative estimate of drug-likeness (QED) is 0.687. The van der Waals surface area contributed by atoms with Gasteiger partial charge in [-0.2, -0.15) is 0 Å². The van der Waals surface area contributed by atoms with Gasteiger partial charge in [0.15, 0.2) is 0 Å². The second-order valence-electron chi connectivity index (χ2n) is 6.90. The largest absolute Gasteiger partial charge is 0.497 e. The molecule has 0 bridgehead atoms. The number of H-pyrrole nitrogens is 1. The van der Waals surface area contributed by atoms with Crippen LogP contribution in [0.4, 0.5) is 5.69 Å². The highest BCUT2D eigenvalue weighted by Gasteiger charge is 2.08. The zero-order chi connectivity index (χ0) is 19.4. The topological polar surface area (TPSA) is 71.2 Å². The van der Waals surface area contributed by atoms with E-state index in [2.05, 4.69) is 24.1 Å². The first-order chi connectivity index (χ1) is 13.0. The highest BCUT2D eigenvalue weighted by Crippen LogP contribution is 2.20. The van der Waals surface area contributed by atoms with Crippen LogP contribution in [0.25, 0.3) is 10.9 Å². The summed E-state index contributed by atoms with van der Waals surface area (Å²) < 4.78 is 5.22. The molecule has 5 heteroatoms. The van der Waals surface area contributed by atoms with Gasteiger partial charge in [0.25, 0.3) is 5.56 Å². The summed E-state index contributed by atoms with van der Waals surface area (Å²) >= 11 is 0. The third-order valence-corrected chi connectivity index (χ3v) is 4.61. The Morgan fingerprint density at radius 3 is 2.52 bits per heavy atom. The van der Waals surface area contributed by atoms with Gasteiger partial charge < -0.3 is 15.0 Å². The molecule has 2 N–H and O–H groups in total. The summed E-state index contributed by atoms with van der Waals surface area (Å²) in [5.41, 5.74) is 3.16. The maximum absolute atomic E-state index is 12.2. The summed E-state index contributed by atoms with van der Waals surface area (Å²) in [5.74, 6) is 1.06. The number of rotatable bonds is 6. The van der Waals surface area contributed by atoms with Crippen LogP contribution < -0.4 is 15.6 Å². The fourth-order valence-electron chi connectivity index (χ4n) is 2.97. The minimum Gasteiger partial charge on any atom is -0.497 e. The van der Waals surface area contributed by atoms with Crippen molar-refractivity contribution in [3.05, 3.63) is 70.0 Å². The van der Waals surface area contributed by atoms with E-state index in [0.717, 1.165) is 22.3 Å². The van der Waals surface area contributed by atoms with Crippen LogP contribution in [0.2, 0.25) is 0 Å². The first-order valence-electron chi connectivity index (χ1n) is 9.06. The minimum absolute atomic E-state index is 0.113. The van der Waals surface area contributed by atoms with Crippen LogP contribution >= 0.6 is 0 Å². The first kappa shape index (κ1) is 18.7. The number of benzene rings is 2. The fourth-order valence-corrected chi connectivity index (χ4v) is 2.97. The van der Waals surface area contributed by atoms with E-state index in [1.807, 2.05) is 42.5 Å². The Bertz CT molecular complexity index is 1000. The molecule has 0 radical (unpaired) electrons. The van der Waals surface area contributed by atoms with Gasteiger partial charge >= 0.3 is 0 Å². The number of pyridine rings is 1. The van der Waals surface area contributed by atoms with Crippen molar-refractivity contribution in [3.63, 3.8) is 0 Å². The summed E-state index contributed by atoms with van der Waals surface area (Å²) in [6, 6.07) is 15.1. The second-order valence-corrected chi connectivity index (χ2v) is 6.90. The van der Waals surface area contributed by atoms with Crippen molar-refractivity contribution >= 4 is 22.5 Å². The molecule has 0 aliphatic rings. The van der Waals surface area contributed by atoms with Gasteiger partial charge in [0.2, 0.25) is 5.91 Å². The van der Waals surface area contributed by atoms with E-state index in [9.17, 15) is 9.59 Å². The van der Waals surface area contributed by atoms with E-state index in [0.29, 0.717) is 17.9 Å². The lowest BCUT2D eigenvalue weighted by molar-refractivity contribution is -0.116. The summed E-state index contributed by atoms with van der Waals surface area (Å²) in [7, 11) is 1.60. The summed E-state index contributed by atoms with van der Waals surface area (Å²) in [6.07, 6.45) is 0.614. The van der Waals surface area contributed by atoms with Crippen molar-refractivity contribution in [1.82, 2.24) is 4.98 Å². The number of nitrogens with one attached hydrogen (secondary N) is 2. The second kappa shape index (κ2) is 8.08. The minimum atomic E-state index is -0.165. The Morgan fingerprint density at radius 1 is 1.11 bits per heavy atom. The maximum Gasteiger partial charge on any atom is 0.251 e. The predicted molar refractivity (Wildman–Crippen MR) is 109 cm³/mol. The molecule has 1 amide bonds. The van der Waals surface area contributed by atoms with Crippen LogP contribution in [-0.4, -0.2) is 18.0 Å². The van der Waals surface area contributed by atoms with Crippen LogP contribution in [0, 0.1) is 0 Å². The Kier molecular flexibility index (Phi) is 5.60. The molecule has 0 saturated carbocycles. The van der Waals surface area contributed by atoms with Gasteiger partial charge in [-0.15, -0.1) is 0 Å². The average Bonchev–Trinajstić information content (AvgIpc) is 2.66. The van der Waals surface area contributed by atoms with Crippen molar-refractivity contribution in [3.8, 4) is 5.75 Å². The Morgan fingerprint density at radius 2 is 1.85 bits per heavy atom. The summed E-state index contributed by atoms with van der Waals surface area (Å²) in [4.78, 5) is 27.3. The third-order valence-electron chi connectivity index (χ3n) is 4.61. The number of ether oxygens (including phenoxy) is 1. The molecule has 0 aliphatic carbocycles. The van der Waals surface area contributed by atoms with Gasteiger partial charge in [0, 0.05) is 28.6 Å². The molecule has 0 fully saturated rings. The van der Waals surface area contributed by atoms with Crippen molar-refractivity contribution in [2.75, 3.05) is 12.4 Å². The Hall–Kier alpha value is -3.08. The number of aryl methyl sites for hydroxylation is 1. The van der Waals surface area contributed by atoms with E-state index in [4.69, 9.17) is 4.74 Å². The molecule has 0 aliphatic heterocycles. The monoisotopic (exact) mass is 364 g/mol. The van der Waals surface area contributed by atoms with Crippen LogP contribution in [0.5, 0.6) is 5.75 Å². The van der Waals surface area contributed by atoms with Crippen molar-refractivity contribution in [1.29, 1.82) is 0 Å². The number of anilines is 1. The smallest absolute Gasteiger partial charge is 0.251 e. The highest BCUT2D eigenvalue weighted by molar-refractivity contribution is 5.91. The number of carbonyl (C=O) groups is 1. The van der Waals surface area contributed by atoms with Crippen LogP contribution in [0.15, 0.2) is 53.3 Å². The first-order valence-corrected chi connectivity index (χ1v) is 9.06. The molecule has 140 valence electrons. The lowest BCUT2D eigenvalue weighted by Gasteiger charge is -2.09. The molecular formula is C22H24N2O3. The van der Waals surface area contributed by atoms with Crippen LogP contribution in [0.3, 0.4) is 0 Å². The van der Waals surface area contributed by atoms with E-state index in [1.165, 1.54) is 5.56 Å². The third kappa shape index (κ3) is 4.56. The van der Waals surface area contributed by atoms with Crippen LogP contribution in [0.1, 0.15) is 37.3 Å². The van der Waals surface area contributed by atoms with Gasteiger partial charge in [0.05, 0.1) is 7.11 Å². The lowest BCUT2D eigenvalue weighted by atomic mass is 10.0. The summed E-state index contributed by atoms with van der Waals surface area (Å²) in [6.45, 7) is 4.26. The SMILES string of the molecule is COc1ccc2[nH]c(=O)c(CCC(=O)Nc3ccc(C(C)C)cc3)cc2c1. The molecule has 0 unspecified atom stereocenters. The van der Waals surface area contributed by atoms with Gasteiger partial charge in [-0.25, -0.2) is 0 Å². The molecule has 2 aromatic carbocycles. The number of aromatic amines is 1. The Labute approximate surface area is 158 Å². The molecular weight excluding hydrogens is 340 g/mol. The van der Waals surface area contributed by atoms with E-state index in [1.54, 1.807) is 13.2 Å². The standard InChI is InChI=1S/C22H24N2O3/c1-14(2)15-4-7-18(8-5-15)23-21(25)11-6-16-12-17-13-19(27-3)9-10-20(17)24-22(16)26/h4-5,7-10,12-14H,6,11H2,1-3H3,(H,23,25)(H,24,26). The molecule has 0 spiro atoms. The molecule has 3 rings (SSSR count). The number of methoxy groups -OCH3 is 1. The molecule has 27 heavy (non-hydrogen) atoms. The highest BCUT2D eigenvalue weighted by atomic mass is 16.5. The normalized spacial score (nSPS) is 11.0. The Balaban J connectivity index is 1.67. The van der Waals surface area contributed by atoms with Crippen LogP contribution in [-0.2, 0) is 11.2 Å². The summed E-state index contributed by atoms with van der Waals surface area (Å²) in [5, 5.41) is 3.76. The fraction of sp³-hybridized carbons (Fsp3) is 0.273. The van der Waals surface area contributed by atoms with E-state index in [-0.39, 0.29) is 17.9 Å². The maximum atomic E-state index is 12.2. The zero-order valence-corrected chi connectivity index (χ0v) is 15.8. The van der Waals surface area contributed by atoms with E-state index >= 15 is 0 Å². The number of aromatic nitrogens is 1. The number of carbonyl (C=O) groups excluding carboxylic acids is 1. The zero-order valence-electron chi connectivity index (χ0n) is 15.8. The molecule has 0 atom stereocenters. The van der Waals surface area contributed by atoms with E-state index < -0.39 is 0 Å².